The first-order valence-corrected chi connectivity index (χ1v) is 4.07. The van der Waals surface area contributed by atoms with Crippen molar-refractivity contribution in [1.82, 2.24) is 10.7 Å². The Hall–Kier alpha value is -1.83. The van der Waals surface area contributed by atoms with Crippen molar-refractivity contribution in [2.45, 2.75) is 0 Å². The maximum atomic E-state index is 9.52. The molecule has 2 heteroatoms. The zero-order valence-electron chi connectivity index (χ0n) is 7.01. The zero-order valence-corrected chi connectivity index (χ0v) is 7.01. The summed E-state index contributed by atoms with van der Waals surface area (Å²) in [5.41, 5.74) is 11.3. The van der Waals surface area contributed by atoms with E-state index in [9.17, 15) is 5.73 Å². The number of aromatic nitrogens is 1. The van der Waals surface area contributed by atoms with E-state index in [1.807, 2.05) is 30.3 Å². The van der Waals surface area contributed by atoms with E-state index in [0.29, 0.717) is 0 Å². The molecule has 1 heterocycles. The van der Waals surface area contributed by atoms with Crippen molar-refractivity contribution in [3.05, 3.63) is 48.7 Å². The molecule has 0 aliphatic carbocycles. The molecule has 1 aromatic carbocycles. The summed E-state index contributed by atoms with van der Waals surface area (Å²) in [5, 5.41) is 0. The second-order valence-electron chi connectivity index (χ2n) is 2.73. The molecule has 0 bridgehead atoms. The van der Waals surface area contributed by atoms with Crippen LogP contribution in [0.25, 0.3) is 11.3 Å². The van der Waals surface area contributed by atoms with Gasteiger partial charge in [-0.3, -0.25) is 4.98 Å². The van der Waals surface area contributed by atoms with Crippen LogP contribution in [0, 0.1) is 0 Å². The van der Waals surface area contributed by atoms with Crippen LogP contribution in [0.5, 0.6) is 0 Å². The summed E-state index contributed by atoms with van der Waals surface area (Å²) in [4.78, 5) is 4.15. The lowest BCUT2D eigenvalue weighted by molar-refractivity contribution is 1.32. The number of hydrogen-bond acceptors (Lipinski definition) is 1. The monoisotopic (exact) mass is 168 g/mol. The van der Waals surface area contributed by atoms with E-state index in [0.717, 1.165) is 11.3 Å². The van der Waals surface area contributed by atoms with Crippen molar-refractivity contribution >= 4 is 5.69 Å². The number of nitrogens with zero attached hydrogens (tertiary/aromatic N) is 2. The SMILES string of the molecule is [N]c1ccccc1-c1ccccn1. The molecule has 2 radical (unpaired) electrons. The van der Waals surface area contributed by atoms with Gasteiger partial charge in [0.05, 0.1) is 11.4 Å². The quantitative estimate of drug-likeness (QED) is 0.644. The van der Waals surface area contributed by atoms with E-state index in [2.05, 4.69) is 4.98 Å². The average molecular weight is 168 g/mol. The Morgan fingerprint density at radius 1 is 0.923 bits per heavy atom. The van der Waals surface area contributed by atoms with E-state index in [-0.39, 0.29) is 5.69 Å². The predicted molar refractivity (Wildman–Crippen MR) is 51.5 cm³/mol. The molecule has 2 aromatic rings. The fraction of sp³-hybridized carbons (Fsp3) is 0. The van der Waals surface area contributed by atoms with Crippen LogP contribution < -0.4 is 5.73 Å². The highest BCUT2D eigenvalue weighted by Gasteiger charge is 2.01. The largest absolute Gasteiger partial charge is 0.256 e. The third-order valence-corrected chi connectivity index (χ3v) is 1.84. The van der Waals surface area contributed by atoms with Gasteiger partial charge in [0.15, 0.2) is 0 Å². The summed E-state index contributed by atoms with van der Waals surface area (Å²) >= 11 is 0. The summed E-state index contributed by atoms with van der Waals surface area (Å²) in [5.74, 6) is 0. The molecule has 0 N–H and O–H groups in total. The molecule has 2 rings (SSSR count). The van der Waals surface area contributed by atoms with Crippen LogP contribution >= 0.6 is 0 Å². The highest BCUT2D eigenvalue weighted by atomic mass is 14.7. The second kappa shape index (κ2) is 3.27. The molecular formula is C11H8N2. The maximum Gasteiger partial charge on any atom is 0.0951 e. The molecule has 0 spiro atoms. The van der Waals surface area contributed by atoms with Crippen molar-refractivity contribution in [3.63, 3.8) is 0 Å². The first-order valence-electron chi connectivity index (χ1n) is 4.07. The molecule has 0 aliphatic rings. The summed E-state index contributed by atoms with van der Waals surface area (Å²) in [7, 11) is 0. The van der Waals surface area contributed by atoms with Crippen LogP contribution in [0.1, 0.15) is 0 Å². The van der Waals surface area contributed by atoms with E-state index >= 15 is 0 Å². The van der Waals surface area contributed by atoms with Crippen molar-refractivity contribution < 1.29 is 0 Å². The predicted octanol–water partition coefficient (Wildman–Crippen LogP) is 2.45. The lowest BCUT2D eigenvalue weighted by atomic mass is 10.1. The standard InChI is InChI=1S/C11H8N2/c12-10-6-2-1-5-9(10)11-7-3-4-8-13-11/h1-8H. The summed E-state index contributed by atoms with van der Waals surface area (Å²) in [6.07, 6.45) is 1.71. The van der Waals surface area contributed by atoms with Gasteiger partial charge >= 0.3 is 0 Å². The molecule has 0 amide bonds. The van der Waals surface area contributed by atoms with Crippen molar-refractivity contribution in [3.8, 4) is 11.3 Å². The number of rotatable bonds is 1. The normalized spacial score (nSPS) is 9.85. The average Bonchev–Trinajstić information content (AvgIpc) is 2.20. The number of hydrogen-bond donors (Lipinski definition) is 0. The Labute approximate surface area is 77.0 Å². The van der Waals surface area contributed by atoms with Crippen molar-refractivity contribution in [2.75, 3.05) is 0 Å². The second-order valence-corrected chi connectivity index (χ2v) is 2.73. The highest BCUT2D eigenvalue weighted by Crippen LogP contribution is 2.23. The van der Waals surface area contributed by atoms with Gasteiger partial charge < -0.3 is 0 Å². The van der Waals surface area contributed by atoms with Gasteiger partial charge in [-0.15, -0.1) is 5.73 Å². The van der Waals surface area contributed by atoms with Crippen molar-refractivity contribution in [1.29, 1.82) is 0 Å². The summed E-state index contributed by atoms with van der Waals surface area (Å²) in [6, 6.07) is 12.8. The molecule has 2 nitrogen and oxygen atoms in total. The minimum absolute atomic E-state index is 0.265. The van der Waals surface area contributed by atoms with E-state index in [1.54, 1.807) is 18.3 Å². The highest BCUT2D eigenvalue weighted by molar-refractivity contribution is 5.71. The van der Waals surface area contributed by atoms with E-state index < -0.39 is 0 Å². The lowest BCUT2D eigenvalue weighted by Crippen LogP contribution is -1.83. The van der Waals surface area contributed by atoms with Gasteiger partial charge in [0.2, 0.25) is 0 Å². The third-order valence-electron chi connectivity index (χ3n) is 1.84. The van der Waals surface area contributed by atoms with Crippen LogP contribution in [0.15, 0.2) is 48.7 Å². The molecule has 0 saturated heterocycles. The van der Waals surface area contributed by atoms with Gasteiger partial charge in [0, 0.05) is 11.8 Å². The molecule has 62 valence electrons. The Bertz CT molecular complexity index is 396. The van der Waals surface area contributed by atoms with Crippen LogP contribution in [-0.4, -0.2) is 4.98 Å². The molecular weight excluding hydrogens is 160 g/mol. The van der Waals surface area contributed by atoms with Gasteiger partial charge in [-0.2, -0.15) is 0 Å². The third kappa shape index (κ3) is 1.51. The van der Waals surface area contributed by atoms with Gasteiger partial charge in [-0.25, -0.2) is 0 Å². The van der Waals surface area contributed by atoms with Gasteiger partial charge in [-0.1, -0.05) is 24.3 Å². The molecule has 1 aromatic heterocycles. The Balaban J connectivity index is 2.54. The smallest absolute Gasteiger partial charge is 0.0951 e. The summed E-state index contributed by atoms with van der Waals surface area (Å²) in [6.45, 7) is 0. The summed E-state index contributed by atoms with van der Waals surface area (Å²) < 4.78 is 0. The van der Waals surface area contributed by atoms with Crippen LogP contribution in [-0.2, 0) is 0 Å². The lowest BCUT2D eigenvalue weighted by Gasteiger charge is -2.00. The molecule has 0 saturated carbocycles. The van der Waals surface area contributed by atoms with Gasteiger partial charge in [-0.05, 0) is 18.2 Å². The molecule has 0 unspecified atom stereocenters. The van der Waals surface area contributed by atoms with Crippen molar-refractivity contribution in [2.24, 2.45) is 0 Å². The number of pyridine rings is 1. The molecule has 0 fully saturated rings. The first-order chi connectivity index (χ1) is 6.38. The fourth-order valence-electron chi connectivity index (χ4n) is 1.21. The van der Waals surface area contributed by atoms with Crippen LogP contribution in [0.4, 0.5) is 5.69 Å². The van der Waals surface area contributed by atoms with E-state index in [4.69, 9.17) is 0 Å². The minimum atomic E-state index is 0.265. The molecule has 13 heavy (non-hydrogen) atoms. The Morgan fingerprint density at radius 3 is 2.38 bits per heavy atom. The zero-order chi connectivity index (χ0) is 9.10. The van der Waals surface area contributed by atoms with Gasteiger partial charge in [0.25, 0.3) is 0 Å². The Kier molecular flexibility index (Phi) is 1.96. The Morgan fingerprint density at radius 2 is 1.69 bits per heavy atom. The topological polar surface area (TPSA) is 35.2 Å². The minimum Gasteiger partial charge on any atom is -0.256 e. The molecule has 0 atom stereocenters. The molecule has 0 aliphatic heterocycles. The number of benzene rings is 1. The van der Waals surface area contributed by atoms with Crippen LogP contribution in [0.3, 0.4) is 0 Å². The van der Waals surface area contributed by atoms with Crippen LogP contribution in [0.2, 0.25) is 0 Å². The van der Waals surface area contributed by atoms with E-state index in [1.165, 1.54) is 0 Å². The maximum absolute atomic E-state index is 9.52. The fourth-order valence-corrected chi connectivity index (χ4v) is 1.21. The van der Waals surface area contributed by atoms with Gasteiger partial charge in [0.1, 0.15) is 0 Å². The first kappa shape index (κ1) is 7.80.